The van der Waals surface area contributed by atoms with Gasteiger partial charge in [-0.15, -0.1) is 5.30 Å². The van der Waals surface area contributed by atoms with Gasteiger partial charge in [0.25, 0.3) is 0 Å². The average Bonchev–Trinajstić information content (AvgIpc) is 3.49. The second-order valence-corrected chi connectivity index (χ2v) is 17.1. The topological polar surface area (TPSA) is 0 Å². The Bertz CT molecular complexity index is 1010. The number of benzene rings is 2. The van der Waals surface area contributed by atoms with Crippen molar-refractivity contribution < 1.29 is 17.1 Å². The van der Waals surface area contributed by atoms with Crippen LogP contribution in [0.25, 0.3) is 0 Å². The van der Waals surface area contributed by atoms with E-state index >= 15 is 0 Å². The molecular weight excluding hydrogens is 502 g/mol. The van der Waals surface area contributed by atoms with Crippen LogP contribution in [0.15, 0.2) is 109 Å². The third-order valence-electron chi connectivity index (χ3n) is 5.87. The molecular formula is C32H40FeP2. The molecule has 0 spiro atoms. The van der Waals surface area contributed by atoms with E-state index in [4.69, 9.17) is 0 Å². The fraction of sp³-hybridized carbons (Fsp3) is 0.312. The molecule has 0 nitrogen and oxygen atoms in total. The summed E-state index contributed by atoms with van der Waals surface area (Å²) in [7, 11) is -0.771. The summed E-state index contributed by atoms with van der Waals surface area (Å²) in [6.45, 7) is 17.0. The van der Waals surface area contributed by atoms with Crippen molar-refractivity contribution in [2.75, 3.05) is 0 Å². The number of hydrogen-bond acceptors (Lipinski definition) is 0. The molecule has 0 aromatic heterocycles. The van der Waals surface area contributed by atoms with Crippen LogP contribution in [-0.4, -0.2) is 10.3 Å². The Morgan fingerprint density at radius 3 is 1.46 bits per heavy atom. The molecule has 0 saturated carbocycles. The maximum atomic E-state index is 2.45. The normalized spacial score (nSPS) is 12.6. The Hall–Kier alpha value is -1.48. The van der Waals surface area contributed by atoms with Gasteiger partial charge in [-0.25, -0.2) is 18.2 Å². The van der Waals surface area contributed by atoms with Crippen molar-refractivity contribution in [1.29, 1.82) is 0 Å². The summed E-state index contributed by atoms with van der Waals surface area (Å²) in [6, 6.07) is 39.3. The molecule has 1 atom stereocenters. The van der Waals surface area contributed by atoms with Crippen LogP contribution in [0.3, 0.4) is 0 Å². The Kier molecular flexibility index (Phi) is 11.2. The zero-order valence-corrected chi connectivity index (χ0v) is 25.1. The van der Waals surface area contributed by atoms with Crippen molar-refractivity contribution in [2.45, 2.75) is 64.4 Å². The molecule has 0 aliphatic rings. The van der Waals surface area contributed by atoms with Gasteiger partial charge in [0, 0.05) is 0 Å². The molecule has 3 heteroatoms. The maximum absolute atomic E-state index is 2.45. The van der Waals surface area contributed by atoms with Gasteiger partial charge in [0.15, 0.2) is 0 Å². The Morgan fingerprint density at radius 2 is 1.09 bits per heavy atom. The van der Waals surface area contributed by atoms with Crippen molar-refractivity contribution >= 4 is 31.8 Å². The van der Waals surface area contributed by atoms with E-state index in [2.05, 4.69) is 127 Å². The van der Waals surface area contributed by atoms with Crippen LogP contribution in [0.5, 0.6) is 0 Å². The van der Waals surface area contributed by atoms with Crippen molar-refractivity contribution in [3.8, 4) is 0 Å². The molecule has 35 heavy (non-hydrogen) atoms. The third kappa shape index (κ3) is 8.00. The molecule has 0 aliphatic carbocycles. The smallest absolute Gasteiger partial charge is 0.214 e. The molecule has 0 heterocycles. The van der Waals surface area contributed by atoms with Crippen molar-refractivity contribution in [3.05, 3.63) is 115 Å². The largest absolute Gasteiger partial charge is 2.00 e. The Morgan fingerprint density at radius 1 is 0.629 bits per heavy atom. The van der Waals surface area contributed by atoms with E-state index in [9.17, 15) is 0 Å². The summed E-state index contributed by atoms with van der Waals surface area (Å²) < 4.78 is 0. The van der Waals surface area contributed by atoms with E-state index in [1.54, 1.807) is 10.9 Å². The first-order chi connectivity index (χ1) is 16.1. The molecule has 186 valence electrons. The second kappa shape index (κ2) is 13.2. The van der Waals surface area contributed by atoms with E-state index < -0.39 is 7.92 Å². The number of rotatable bonds is 5. The standard InChI is InChI=1S/C27H35P2.C5H5.Fe/c1-21(24-19-14-20-25(24)29(26(2,3)4)27(5,6)7)28(22-15-10-8-11-16-22)23-17-12-9-13-18-23;1-2-4-5-3-1;/h8-21H,1-7H3;1-5H;/q2*-1;+2/t21-;;/m1../s1. The SMILES string of the molecule is C[C@H](c1cc[cH-]c1P(C(C)(C)C)C(C)(C)C)P(c1ccccc1)c1ccccc1.[Fe+2].c1cc[cH-]c1. The van der Waals surface area contributed by atoms with Crippen molar-refractivity contribution in [3.63, 3.8) is 0 Å². The summed E-state index contributed by atoms with van der Waals surface area (Å²) in [5.74, 6) is 0. The molecule has 4 rings (SSSR count). The van der Waals surface area contributed by atoms with Gasteiger partial charge in [-0.05, 0) is 34.5 Å². The maximum Gasteiger partial charge on any atom is 2.00 e. The Labute approximate surface area is 227 Å². The molecule has 0 unspecified atom stereocenters. The summed E-state index contributed by atoms with van der Waals surface area (Å²) in [5, 5.41) is 5.08. The van der Waals surface area contributed by atoms with Gasteiger partial charge in [0.1, 0.15) is 0 Å². The molecule has 0 fully saturated rings. The molecule has 0 saturated heterocycles. The van der Waals surface area contributed by atoms with Crippen LogP contribution in [0.2, 0.25) is 0 Å². The first kappa shape index (κ1) is 29.7. The van der Waals surface area contributed by atoms with Crippen LogP contribution in [-0.2, 0) is 17.1 Å². The number of hydrogen-bond donors (Lipinski definition) is 0. The first-order valence-electron chi connectivity index (χ1n) is 12.2. The predicted molar refractivity (Wildman–Crippen MR) is 158 cm³/mol. The second-order valence-electron chi connectivity index (χ2n) is 10.7. The summed E-state index contributed by atoms with van der Waals surface area (Å²) in [4.78, 5) is 0. The predicted octanol–water partition coefficient (Wildman–Crippen LogP) is 8.71. The van der Waals surface area contributed by atoms with Gasteiger partial charge in [-0.1, -0.05) is 117 Å². The zero-order chi connectivity index (χ0) is 24.8. The van der Waals surface area contributed by atoms with Crippen LogP contribution < -0.4 is 15.9 Å². The van der Waals surface area contributed by atoms with Gasteiger partial charge in [-0.2, -0.15) is 35.9 Å². The first-order valence-corrected chi connectivity index (χ1v) is 15.0. The van der Waals surface area contributed by atoms with Gasteiger partial charge in [0.2, 0.25) is 0 Å². The molecule has 0 aliphatic heterocycles. The molecule has 4 aromatic rings. The van der Waals surface area contributed by atoms with E-state index in [1.165, 1.54) is 10.6 Å². The fourth-order valence-corrected chi connectivity index (χ4v) is 11.9. The van der Waals surface area contributed by atoms with E-state index in [0.29, 0.717) is 5.66 Å². The van der Waals surface area contributed by atoms with E-state index in [-0.39, 0.29) is 35.3 Å². The quantitative estimate of drug-likeness (QED) is 0.134. The molecule has 0 radical (unpaired) electrons. The van der Waals surface area contributed by atoms with Gasteiger partial charge < -0.3 is 0 Å². The molecule has 0 bridgehead atoms. The van der Waals surface area contributed by atoms with Crippen LogP contribution in [0.1, 0.15) is 59.7 Å². The molecule has 0 amide bonds. The van der Waals surface area contributed by atoms with Crippen LogP contribution in [0, 0.1) is 0 Å². The van der Waals surface area contributed by atoms with Gasteiger partial charge >= 0.3 is 17.1 Å². The average molecular weight is 542 g/mol. The van der Waals surface area contributed by atoms with Gasteiger partial charge in [-0.3, -0.25) is 0 Å². The van der Waals surface area contributed by atoms with Crippen molar-refractivity contribution in [2.24, 2.45) is 0 Å². The minimum atomic E-state index is -0.465. The monoisotopic (exact) mass is 542 g/mol. The minimum absolute atomic E-state index is 0. The summed E-state index contributed by atoms with van der Waals surface area (Å²) >= 11 is 0. The van der Waals surface area contributed by atoms with Crippen LogP contribution >= 0.6 is 15.8 Å². The van der Waals surface area contributed by atoms with Gasteiger partial charge in [0.05, 0.1) is 0 Å². The van der Waals surface area contributed by atoms with Crippen LogP contribution in [0.4, 0.5) is 0 Å². The zero-order valence-electron chi connectivity index (χ0n) is 22.2. The summed E-state index contributed by atoms with van der Waals surface area (Å²) in [5.41, 5.74) is 2.04. The molecule has 4 aromatic carbocycles. The minimum Gasteiger partial charge on any atom is -0.214 e. The fourth-order valence-electron chi connectivity index (χ4n) is 4.94. The third-order valence-corrected chi connectivity index (χ3v) is 12.2. The summed E-state index contributed by atoms with van der Waals surface area (Å²) in [6.07, 6.45) is 0. The van der Waals surface area contributed by atoms with E-state index in [1.807, 2.05) is 30.3 Å². The Balaban J connectivity index is 0.000000640. The van der Waals surface area contributed by atoms with E-state index in [0.717, 1.165) is 0 Å². The van der Waals surface area contributed by atoms with Crippen molar-refractivity contribution in [1.82, 2.24) is 0 Å². The molecule has 0 N–H and O–H groups in total.